The summed E-state index contributed by atoms with van der Waals surface area (Å²) in [5.41, 5.74) is 3.11. The second-order valence-corrected chi connectivity index (χ2v) is 10.6. The minimum absolute atomic E-state index is 0.0449. The van der Waals surface area contributed by atoms with Crippen LogP contribution >= 0.6 is 34.9 Å². The van der Waals surface area contributed by atoms with Crippen molar-refractivity contribution in [1.29, 1.82) is 0 Å². The third-order valence-electron chi connectivity index (χ3n) is 5.01. The van der Waals surface area contributed by atoms with E-state index in [0.29, 0.717) is 0 Å². The number of allylic oxidation sites excluding steroid dienone is 3. The first-order chi connectivity index (χ1) is 14.1. The fraction of sp³-hybridized carbons (Fsp3) is 0.130. The quantitative estimate of drug-likeness (QED) is 0.571. The molecule has 0 saturated heterocycles. The van der Waals surface area contributed by atoms with E-state index in [-0.39, 0.29) is 11.6 Å². The Balaban J connectivity index is 1.76. The zero-order valence-corrected chi connectivity index (χ0v) is 18.4. The van der Waals surface area contributed by atoms with Crippen molar-refractivity contribution in [3.8, 4) is 0 Å². The second kappa shape index (κ2) is 7.52. The van der Waals surface area contributed by atoms with Crippen molar-refractivity contribution in [2.24, 2.45) is 4.99 Å². The summed E-state index contributed by atoms with van der Waals surface area (Å²) in [5.74, 6) is 0. The predicted molar refractivity (Wildman–Crippen MR) is 125 cm³/mol. The van der Waals surface area contributed by atoms with E-state index < -0.39 is 0 Å². The van der Waals surface area contributed by atoms with Gasteiger partial charge in [-0.3, -0.25) is 9.36 Å². The van der Waals surface area contributed by atoms with Gasteiger partial charge in [-0.15, -0.1) is 0 Å². The van der Waals surface area contributed by atoms with Gasteiger partial charge >= 0.3 is 0 Å². The van der Waals surface area contributed by atoms with Gasteiger partial charge in [-0.25, -0.2) is 4.99 Å². The van der Waals surface area contributed by atoms with E-state index in [0.717, 1.165) is 30.4 Å². The number of nitrogens with zero attached hydrogens (tertiary/aromatic N) is 2. The van der Waals surface area contributed by atoms with Gasteiger partial charge in [0.15, 0.2) is 4.80 Å². The number of benzene rings is 2. The van der Waals surface area contributed by atoms with Crippen molar-refractivity contribution in [1.82, 2.24) is 4.57 Å². The van der Waals surface area contributed by atoms with E-state index in [1.54, 1.807) is 23.5 Å². The van der Waals surface area contributed by atoms with Crippen molar-refractivity contribution < 1.29 is 0 Å². The SMILES string of the molecule is CC1=C(C)SC(=c2sc3n(c2=O)[C@@H](c2ccccc2)C=C(c2ccccc2)N=3)S1. The van der Waals surface area contributed by atoms with E-state index in [1.165, 1.54) is 21.1 Å². The van der Waals surface area contributed by atoms with Gasteiger partial charge in [0.1, 0.15) is 4.53 Å². The van der Waals surface area contributed by atoms with Gasteiger partial charge in [-0.2, -0.15) is 0 Å². The molecule has 0 radical (unpaired) electrons. The average molecular weight is 435 g/mol. The molecule has 29 heavy (non-hydrogen) atoms. The van der Waals surface area contributed by atoms with Gasteiger partial charge < -0.3 is 0 Å². The van der Waals surface area contributed by atoms with E-state index in [1.807, 2.05) is 41.0 Å². The zero-order chi connectivity index (χ0) is 20.0. The number of aromatic nitrogens is 1. The maximum Gasteiger partial charge on any atom is 0.272 e. The minimum Gasteiger partial charge on any atom is -0.272 e. The molecule has 0 aliphatic carbocycles. The number of hydrogen-bond donors (Lipinski definition) is 0. The average Bonchev–Trinajstić information content (AvgIpc) is 3.27. The monoisotopic (exact) mass is 434 g/mol. The van der Waals surface area contributed by atoms with E-state index in [9.17, 15) is 4.79 Å². The molecule has 0 unspecified atom stereocenters. The lowest BCUT2D eigenvalue weighted by Gasteiger charge is -2.19. The van der Waals surface area contributed by atoms with Crippen molar-refractivity contribution in [3.05, 3.63) is 107 Å². The molecule has 0 N–H and O–H groups in total. The number of thioether (sulfide) groups is 2. The van der Waals surface area contributed by atoms with Gasteiger partial charge in [0.2, 0.25) is 0 Å². The molecule has 0 spiro atoms. The Morgan fingerprint density at radius 1 is 0.897 bits per heavy atom. The molecule has 0 saturated carbocycles. The Bertz CT molecular complexity index is 1320. The Hall–Kier alpha value is -2.28. The van der Waals surface area contributed by atoms with E-state index in [2.05, 4.69) is 44.2 Å². The maximum absolute atomic E-state index is 13.5. The van der Waals surface area contributed by atoms with Gasteiger partial charge in [-0.1, -0.05) is 95.5 Å². The van der Waals surface area contributed by atoms with Crippen molar-refractivity contribution >= 4 is 44.8 Å². The highest BCUT2D eigenvalue weighted by Gasteiger charge is 2.25. The lowest BCUT2D eigenvalue weighted by atomic mass is 10.0. The van der Waals surface area contributed by atoms with Crippen molar-refractivity contribution in [3.63, 3.8) is 0 Å². The normalized spacial score (nSPS) is 18.5. The number of thiazole rings is 1. The third kappa shape index (κ3) is 3.35. The van der Waals surface area contributed by atoms with Crippen LogP contribution in [0.15, 0.2) is 86.3 Å². The first-order valence-electron chi connectivity index (χ1n) is 9.31. The first kappa shape index (κ1) is 18.7. The van der Waals surface area contributed by atoms with Crippen LogP contribution < -0.4 is 14.9 Å². The summed E-state index contributed by atoms with van der Waals surface area (Å²) in [4.78, 5) is 21.6. The molecule has 5 rings (SSSR count). The van der Waals surface area contributed by atoms with Gasteiger partial charge in [0.25, 0.3) is 5.56 Å². The van der Waals surface area contributed by atoms with Crippen molar-refractivity contribution in [2.45, 2.75) is 19.9 Å². The van der Waals surface area contributed by atoms with Crippen LogP contribution in [-0.2, 0) is 0 Å². The maximum atomic E-state index is 13.5. The summed E-state index contributed by atoms with van der Waals surface area (Å²) in [7, 11) is 0. The number of fused-ring (bicyclic) bond motifs is 1. The molecule has 144 valence electrons. The van der Waals surface area contributed by atoms with E-state index in [4.69, 9.17) is 4.99 Å². The van der Waals surface area contributed by atoms with Gasteiger partial charge in [0, 0.05) is 0 Å². The molecule has 3 aromatic rings. The summed E-state index contributed by atoms with van der Waals surface area (Å²) in [6.45, 7) is 4.22. The van der Waals surface area contributed by atoms with Crippen LogP contribution in [0.4, 0.5) is 0 Å². The molecule has 3 heterocycles. The molecule has 0 amide bonds. The summed E-state index contributed by atoms with van der Waals surface area (Å²) in [5, 5.41) is 0. The van der Waals surface area contributed by atoms with Crippen LogP contribution in [-0.4, -0.2) is 4.57 Å². The van der Waals surface area contributed by atoms with Crippen LogP contribution in [0, 0.1) is 0 Å². The van der Waals surface area contributed by atoms with Crippen molar-refractivity contribution in [2.75, 3.05) is 0 Å². The molecule has 0 fully saturated rings. The molecule has 3 nitrogen and oxygen atoms in total. The molecule has 6 heteroatoms. The molecular weight excluding hydrogens is 416 g/mol. The highest BCUT2D eigenvalue weighted by molar-refractivity contribution is 8.35. The fourth-order valence-corrected chi connectivity index (χ4v) is 7.16. The summed E-state index contributed by atoms with van der Waals surface area (Å²) in [6, 6.07) is 20.2. The standard InChI is InChI=1S/C23H18N2OS3/c1-14-15(2)28-22(27-14)20-21(26)25-19(17-11-7-4-8-12-17)13-18(24-23(25)29-20)16-9-5-3-6-10-16/h3-13,19H,1-2H3/t19-/m1/s1. The topological polar surface area (TPSA) is 34.4 Å². The lowest BCUT2D eigenvalue weighted by Crippen LogP contribution is -2.36. The molecule has 1 aromatic heterocycles. The Morgan fingerprint density at radius 2 is 1.52 bits per heavy atom. The van der Waals surface area contributed by atoms with Crippen LogP contribution in [0.2, 0.25) is 0 Å². The Kier molecular flexibility index (Phi) is 4.86. The summed E-state index contributed by atoms with van der Waals surface area (Å²) >= 11 is 4.89. The van der Waals surface area contributed by atoms with Crippen LogP contribution in [0.5, 0.6) is 0 Å². The Labute approximate surface area is 181 Å². The molecular formula is C23H18N2OS3. The molecule has 0 bridgehead atoms. The van der Waals surface area contributed by atoms with E-state index >= 15 is 0 Å². The summed E-state index contributed by atoms with van der Waals surface area (Å²) in [6.07, 6.45) is 2.10. The highest BCUT2D eigenvalue weighted by Crippen LogP contribution is 2.48. The van der Waals surface area contributed by atoms with Gasteiger partial charge in [0.05, 0.1) is 16.0 Å². The Morgan fingerprint density at radius 3 is 2.17 bits per heavy atom. The third-order valence-corrected chi connectivity index (χ3v) is 8.95. The predicted octanol–water partition coefficient (Wildman–Crippen LogP) is 4.97. The zero-order valence-electron chi connectivity index (χ0n) is 16.0. The molecule has 2 aliphatic rings. The van der Waals surface area contributed by atoms with Crippen LogP contribution in [0.25, 0.3) is 9.93 Å². The van der Waals surface area contributed by atoms with Crippen LogP contribution in [0.3, 0.4) is 0 Å². The minimum atomic E-state index is -0.163. The second-order valence-electron chi connectivity index (χ2n) is 6.88. The summed E-state index contributed by atoms with van der Waals surface area (Å²) < 4.78 is 3.71. The fourth-order valence-electron chi connectivity index (χ4n) is 3.40. The lowest BCUT2D eigenvalue weighted by molar-refractivity contribution is 0.644. The van der Waals surface area contributed by atoms with Gasteiger partial charge in [-0.05, 0) is 40.9 Å². The smallest absolute Gasteiger partial charge is 0.272 e. The van der Waals surface area contributed by atoms with Crippen LogP contribution in [0.1, 0.15) is 31.0 Å². The highest BCUT2D eigenvalue weighted by atomic mass is 32.2. The number of hydrogen-bond acceptors (Lipinski definition) is 5. The molecule has 2 aromatic carbocycles. The molecule has 1 atom stereocenters. The largest absolute Gasteiger partial charge is 0.272 e. The molecule has 2 aliphatic heterocycles. The number of rotatable bonds is 2. The first-order valence-corrected chi connectivity index (χ1v) is 11.8.